The zero-order valence-corrected chi connectivity index (χ0v) is 19.2. The van der Waals surface area contributed by atoms with E-state index in [2.05, 4.69) is 26.1 Å². The lowest BCUT2D eigenvalue weighted by Crippen LogP contribution is -2.49. The number of nitrogens with one attached hydrogen (secondary N) is 3. The molecule has 3 aromatic rings. The summed E-state index contributed by atoms with van der Waals surface area (Å²) in [6.07, 6.45) is 0.696. The van der Waals surface area contributed by atoms with Gasteiger partial charge < -0.3 is 10.6 Å². The molecule has 31 heavy (non-hydrogen) atoms. The molecular formula is C21H21Cl2N5O2S. The van der Waals surface area contributed by atoms with Gasteiger partial charge in [0.15, 0.2) is 0 Å². The molecule has 1 aromatic heterocycles. The molecule has 7 nitrogen and oxygen atoms in total. The molecule has 0 saturated carbocycles. The Bertz CT molecular complexity index is 1060. The first-order valence-corrected chi connectivity index (χ1v) is 11.2. The Labute approximate surface area is 194 Å². The predicted octanol–water partition coefficient (Wildman–Crippen LogP) is 5.69. The molecule has 0 aliphatic rings. The van der Waals surface area contributed by atoms with E-state index in [-0.39, 0.29) is 11.8 Å². The molecule has 2 aromatic carbocycles. The van der Waals surface area contributed by atoms with Gasteiger partial charge in [-0.2, -0.15) is 0 Å². The van der Waals surface area contributed by atoms with Crippen molar-refractivity contribution >= 4 is 57.3 Å². The van der Waals surface area contributed by atoms with Crippen molar-refractivity contribution in [1.29, 1.82) is 0 Å². The number of carbonyl (C=O) groups excluding carboxylic acids is 2. The lowest BCUT2D eigenvalue weighted by molar-refractivity contribution is -0.119. The summed E-state index contributed by atoms with van der Waals surface area (Å²) < 4.78 is 0. The lowest BCUT2D eigenvalue weighted by atomic mass is 9.98. The summed E-state index contributed by atoms with van der Waals surface area (Å²) in [6, 6.07) is 12.7. The number of anilines is 2. The highest BCUT2D eigenvalue weighted by Gasteiger charge is 2.27. The third-order valence-corrected chi connectivity index (χ3v) is 5.99. The van der Waals surface area contributed by atoms with Gasteiger partial charge in [-0.05, 0) is 36.2 Å². The smallest absolute Gasteiger partial charge is 0.319 e. The maximum atomic E-state index is 12.9. The second-order valence-corrected chi connectivity index (χ2v) is 8.73. The molecule has 3 rings (SSSR count). The molecule has 3 amide bonds. The number of benzene rings is 2. The van der Waals surface area contributed by atoms with E-state index in [1.807, 2.05) is 26.0 Å². The Hall–Kier alpha value is -2.68. The highest BCUT2D eigenvalue weighted by molar-refractivity contribution is 7.18. The average Bonchev–Trinajstić information content (AvgIpc) is 3.20. The molecule has 2 unspecified atom stereocenters. The second-order valence-electron chi connectivity index (χ2n) is 6.88. The number of urea groups is 1. The van der Waals surface area contributed by atoms with Gasteiger partial charge in [0.2, 0.25) is 11.0 Å². The van der Waals surface area contributed by atoms with Crippen LogP contribution in [0.3, 0.4) is 0 Å². The number of halogens is 2. The van der Waals surface area contributed by atoms with Crippen LogP contribution >= 0.6 is 34.5 Å². The van der Waals surface area contributed by atoms with Crippen molar-refractivity contribution in [3.8, 4) is 10.6 Å². The van der Waals surface area contributed by atoms with Gasteiger partial charge in [0, 0.05) is 21.3 Å². The van der Waals surface area contributed by atoms with Crippen LogP contribution < -0.4 is 16.0 Å². The molecule has 3 N–H and O–H groups in total. The Morgan fingerprint density at radius 3 is 2.45 bits per heavy atom. The van der Waals surface area contributed by atoms with Crippen molar-refractivity contribution in [2.75, 3.05) is 10.6 Å². The van der Waals surface area contributed by atoms with E-state index in [1.165, 1.54) is 11.3 Å². The van der Waals surface area contributed by atoms with Crippen molar-refractivity contribution in [2.45, 2.75) is 26.3 Å². The van der Waals surface area contributed by atoms with E-state index < -0.39 is 12.1 Å². The van der Waals surface area contributed by atoms with Crippen LogP contribution in [0.2, 0.25) is 10.0 Å². The van der Waals surface area contributed by atoms with E-state index in [9.17, 15) is 9.59 Å². The monoisotopic (exact) mass is 477 g/mol. The van der Waals surface area contributed by atoms with Crippen LogP contribution in [0.4, 0.5) is 15.6 Å². The normalized spacial score (nSPS) is 12.6. The Morgan fingerprint density at radius 2 is 1.77 bits per heavy atom. The minimum absolute atomic E-state index is 0.103. The quantitative estimate of drug-likeness (QED) is 0.407. The zero-order valence-electron chi connectivity index (χ0n) is 16.9. The summed E-state index contributed by atoms with van der Waals surface area (Å²) >= 11 is 13.1. The van der Waals surface area contributed by atoms with Gasteiger partial charge in [-0.15, -0.1) is 10.2 Å². The van der Waals surface area contributed by atoms with Gasteiger partial charge in [-0.1, -0.05) is 73.0 Å². The van der Waals surface area contributed by atoms with Crippen LogP contribution in [-0.4, -0.2) is 28.2 Å². The Balaban J connectivity index is 1.67. The number of nitrogens with zero attached hydrogens (tertiary/aromatic N) is 2. The molecule has 0 radical (unpaired) electrons. The molecule has 2 atom stereocenters. The topological polar surface area (TPSA) is 96.0 Å². The van der Waals surface area contributed by atoms with Gasteiger partial charge in [-0.25, -0.2) is 4.79 Å². The van der Waals surface area contributed by atoms with Crippen LogP contribution in [-0.2, 0) is 4.79 Å². The average molecular weight is 478 g/mol. The number of hydrogen-bond acceptors (Lipinski definition) is 5. The number of amides is 3. The maximum Gasteiger partial charge on any atom is 0.319 e. The van der Waals surface area contributed by atoms with E-state index in [0.717, 1.165) is 5.56 Å². The van der Waals surface area contributed by atoms with Crippen LogP contribution in [0.1, 0.15) is 20.3 Å². The standard InChI is InChI=1S/C21H21Cl2N5O2S/c1-3-12(2)17(25-20(30)24-16-6-4-5-15(23)11-16)18(29)26-21-28-27-19(31-21)13-7-9-14(22)10-8-13/h4-12,17H,3H2,1-2H3,(H2,24,25,30)(H,26,28,29). The molecule has 10 heteroatoms. The summed E-state index contributed by atoms with van der Waals surface area (Å²) in [5.74, 6) is -0.469. The molecule has 0 spiro atoms. The number of rotatable bonds is 7. The summed E-state index contributed by atoms with van der Waals surface area (Å²) in [5, 5.41) is 18.5. The van der Waals surface area contributed by atoms with E-state index in [1.54, 1.807) is 36.4 Å². The van der Waals surface area contributed by atoms with Gasteiger partial charge in [-0.3, -0.25) is 10.1 Å². The molecule has 0 aliphatic heterocycles. The fraction of sp³-hybridized carbons (Fsp3) is 0.238. The highest BCUT2D eigenvalue weighted by atomic mass is 35.5. The minimum Gasteiger partial charge on any atom is -0.326 e. The van der Waals surface area contributed by atoms with Crippen molar-refractivity contribution in [3.63, 3.8) is 0 Å². The van der Waals surface area contributed by atoms with Crippen molar-refractivity contribution in [2.24, 2.45) is 5.92 Å². The predicted molar refractivity (Wildman–Crippen MR) is 126 cm³/mol. The largest absolute Gasteiger partial charge is 0.326 e. The summed E-state index contributed by atoms with van der Waals surface area (Å²) in [5.41, 5.74) is 1.38. The second kappa shape index (κ2) is 10.6. The highest BCUT2D eigenvalue weighted by Crippen LogP contribution is 2.27. The fourth-order valence-electron chi connectivity index (χ4n) is 2.74. The Morgan fingerprint density at radius 1 is 1.03 bits per heavy atom. The van der Waals surface area contributed by atoms with E-state index >= 15 is 0 Å². The van der Waals surface area contributed by atoms with Crippen molar-refractivity contribution in [3.05, 3.63) is 58.6 Å². The zero-order chi connectivity index (χ0) is 22.4. The van der Waals surface area contributed by atoms with Crippen LogP contribution in [0, 0.1) is 5.92 Å². The molecule has 0 saturated heterocycles. The third kappa shape index (κ3) is 6.40. The maximum absolute atomic E-state index is 12.9. The van der Waals surface area contributed by atoms with Crippen LogP contribution in [0.5, 0.6) is 0 Å². The first kappa shape index (κ1) is 23.0. The minimum atomic E-state index is -0.757. The number of aromatic nitrogens is 2. The molecular weight excluding hydrogens is 457 g/mol. The van der Waals surface area contributed by atoms with E-state index in [4.69, 9.17) is 23.2 Å². The molecule has 162 valence electrons. The first-order valence-electron chi connectivity index (χ1n) is 9.59. The molecule has 1 heterocycles. The summed E-state index contributed by atoms with van der Waals surface area (Å²) in [4.78, 5) is 25.3. The third-order valence-electron chi connectivity index (χ3n) is 4.61. The van der Waals surface area contributed by atoms with Gasteiger partial charge >= 0.3 is 6.03 Å². The Kier molecular flexibility index (Phi) is 7.84. The van der Waals surface area contributed by atoms with Crippen molar-refractivity contribution in [1.82, 2.24) is 15.5 Å². The van der Waals surface area contributed by atoms with Gasteiger partial charge in [0.1, 0.15) is 11.0 Å². The molecule has 0 bridgehead atoms. The van der Waals surface area contributed by atoms with E-state index in [0.29, 0.717) is 32.3 Å². The lowest BCUT2D eigenvalue weighted by Gasteiger charge is -2.23. The molecule has 0 fully saturated rings. The first-order chi connectivity index (χ1) is 14.9. The van der Waals surface area contributed by atoms with Gasteiger partial charge in [0.25, 0.3) is 0 Å². The summed E-state index contributed by atoms with van der Waals surface area (Å²) in [7, 11) is 0. The fourth-order valence-corrected chi connectivity index (χ4v) is 3.81. The van der Waals surface area contributed by atoms with Crippen LogP contribution in [0.25, 0.3) is 10.6 Å². The number of carbonyl (C=O) groups is 2. The van der Waals surface area contributed by atoms with Gasteiger partial charge in [0.05, 0.1) is 0 Å². The summed E-state index contributed by atoms with van der Waals surface area (Å²) in [6.45, 7) is 3.84. The van der Waals surface area contributed by atoms with Crippen molar-refractivity contribution < 1.29 is 9.59 Å². The van der Waals surface area contributed by atoms with Crippen LogP contribution in [0.15, 0.2) is 48.5 Å². The number of hydrogen-bond donors (Lipinski definition) is 3. The molecule has 0 aliphatic carbocycles. The SMILES string of the molecule is CCC(C)C(NC(=O)Nc1cccc(Cl)c1)C(=O)Nc1nnc(-c2ccc(Cl)cc2)s1.